The number of fused-ring (bicyclic) bond motifs is 1. The number of hydrogen-bond acceptors (Lipinski definition) is 5. The van der Waals surface area contributed by atoms with Gasteiger partial charge in [0.2, 0.25) is 5.75 Å². The van der Waals surface area contributed by atoms with Crippen LogP contribution in [0.5, 0.6) is 17.2 Å². The molecule has 0 spiro atoms. The quantitative estimate of drug-likeness (QED) is 0.537. The molecule has 1 amide bonds. The number of rotatable bonds is 3. The first-order valence-electron chi connectivity index (χ1n) is 9.34. The maximum Gasteiger partial charge on any atom is 0.269 e. The Morgan fingerprint density at radius 2 is 1.96 bits per heavy atom. The van der Waals surface area contributed by atoms with Crippen LogP contribution in [0.3, 0.4) is 0 Å². The lowest BCUT2D eigenvalue weighted by molar-refractivity contribution is 0.0941. The van der Waals surface area contributed by atoms with Crippen molar-refractivity contribution in [3.05, 3.63) is 17.7 Å². The van der Waals surface area contributed by atoms with Crippen molar-refractivity contribution in [1.82, 2.24) is 16.2 Å². The molecule has 1 heterocycles. The molecule has 1 fully saturated rings. The Morgan fingerprint density at radius 1 is 1.19 bits per heavy atom. The van der Waals surface area contributed by atoms with Crippen molar-refractivity contribution >= 4 is 23.2 Å². The third-order valence-corrected chi connectivity index (χ3v) is 5.62. The van der Waals surface area contributed by atoms with E-state index in [4.69, 9.17) is 26.4 Å². The molecule has 1 saturated carbocycles. The van der Waals surface area contributed by atoms with Gasteiger partial charge in [0.05, 0.1) is 7.11 Å². The van der Waals surface area contributed by atoms with E-state index in [1.54, 1.807) is 12.1 Å². The highest BCUT2D eigenvalue weighted by Crippen LogP contribution is 2.40. The average Bonchev–Trinajstić information content (AvgIpc) is 2.68. The van der Waals surface area contributed by atoms with Gasteiger partial charge in [-0.3, -0.25) is 15.6 Å². The summed E-state index contributed by atoms with van der Waals surface area (Å²) in [6, 6.07) is 3.57. The van der Waals surface area contributed by atoms with Gasteiger partial charge >= 0.3 is 0 Å². The van der Waals surface area contributed by atoms with Gasteiger partial charge < -0.3 is 19.5 Å². The lowest BCUT2D eigenvalue weighted by Gasteiger charge is -2.35. The minimum absolute atomic E-state index is 0.319. The van der Waals surface area contributed by atoms with Crippen LogP contribution in [0.15, 0.2) is 12.1 Å². The zero-order chi connectivity index (χ0) is 19.4. The van der Waals surface area contributed by atoms with Gasteiger partial charge in [-0.1, -0.05) is 26.7 Å². The number of thiocarbonyl (C=S) groups is 1. The largest absolute Gasteiger partial charge is 0.493 e. The summed E-state index contributed by atoms with van der Waals surface area (Å²) < 4.78 is 16.4. The Hall–Kier alpha value is -2.22. The molecule has 8 heteroatoms. The predicted octanol–water partition coefficient (Wildman–Crippen LogP) is 2.40. The number of nitrogens with one attached hydrogen (secondary N) is 3. The Morgan fingerprint density at radius 3 is 2.74 bits per heavy atom. The molecule has 1 aliphatic carbocycles. The topological polar surface area (TPSA) is 80.9 Å². The van der Waals surface area contributed by atoms with E-state index in [1.807, 2.05) is 0 Å². The molecular formula is C19H27N3O4S. The molecule has 0 bridgehead atoms. The van der Waals surface area contributed by atoms with Gasteiger partial charge in [-0.15, -0.1) is 0 Å². The first kappa shape index (κ1) is 19.5. The van der Waals surface area contributed by atoms with E-state index in [0.717, 1.165) is 6.42 Å². The lowest BCUT2D eigenvalue weighted by Crippen LogP contribution is -2.52. The normalized spacial score (nSPS) is 23.9. The molecule has 3 rings (SSSR count). The molecule has 7 nitrogen and oxygen atoms in total. The minimum atomic E-state index is -0.334. The van der Waals surface area contributed by atoms with Gasteiger partial charge in [-0.05, 0) is 42.6 Å². The van der Waals surface area contributed by atoms with Crippen LogP contribution < -0.4 is 30.4 Å². The lowest BCUT2D eigenvalue weighted by atomic mass is 9.78. The highest BCUT2D eigenvalue weighted by atomic mass is 32.1. The third-order valence-electron chi connectivity index (χ3n) is 5.40. The summed E-state index contributed by atoms with van der Waals surface area (Å²) in [7, 11) is 1.53. The molecule has 1 aliphatic heterocycles. The SMILES string of the molecule is COc1cc(C(=O)NNC(=S)N[C@H]2CCC[C@H](C)[C@H]2C)cc2c1OCCO2. The number of ether oxygens (including phenoxy) is 3. The third kappa shape index (κ3) is 4.55. The van der Waals surface area contributed by atoms with Crippen molar-refractivity contribution in [1.29, 1.82) is 0 Å². The fourth-order valence-corrected chi connectivity index (χ4v) is 3.78. The molecule has 0 aromatic heterocycles. The standard InChI is InChI=1S/C19H27N3O4S/c1-11-5-4-6-14(12(11)2)20-19(27)22-21-18(23)13-9-15(24-3)17-16(10-13)25-7-8-26-17/h9-12,14H,4-8H2,1-3H3,(H,21,23)(H2,20,22,27)/t11-,12+,14-/m0/s1. The highest BCUT2D eigenvalue weighted by molar-refractivity contribution is 7.80. The summed E-state index contributed by atoms with van der Waals surface area (Å²) >= 11 is 5.33. The zero-order valence-corrected chi connectivity index (χ0v) is 16.8. The average molecular weight is 394 g/mol. The van der Waals surface area contributed by atoms with Crippen molar-refractivity contribution in [3.8, 4) is 17.2 Å². The molecule has 1 aromatic carbocycles. The summed E-state index contributed by atoms with van der Waals surface area (Å²) in [5.41, 5.74) is 5.81. The number of carbonyl (C=O) groups excluding carboxylic acids is 1. The van der Waals surface area contributed by atoms with Crippen LogP contribution in [-0.4, -0.2) is 37.4 Å². The van der Waals surface area contributed by atoms with Crippen LogP contribution in [0.2, 0.25) is 0 Å². The molecule has 0 radical (unpaired) electrons. The number of carbonyl (C=O) groups is 1. The molecule has 3 N–H and O–H groups in total. The Labute approximate surface area is 165 Å². The van der Waals surface area contributed by atoms with E-state index in [2.05, 4.69) is 30.0 Å². The second kappa shape index (κ2) is 8.65. The van der Waals surface area contributed by atoms with Gasteiger partial charge in [0.15, 0.2) is 16.6 Å². The van der Waals surface area contributed by atoms with Crippen LogP contribution >= 0.6 is 12.2 Å². The maximum atomic E-state index is 12.5. The van der Waals surface area contributed by atoms with Gasteiger partial charge in [0.1, 0.15) is 13.2 Å². The van der Waals surface area contributed by atoms with E-state index >= 15 is 0 Å². The van der Waals surface area contributed by atoms with E-state index < -0.39 is 0 Å². The number of hydrogen-bond donors (Lipinski definition) is 3. The van der Waals surface area contributed by atoms with E-state index in [9.17, 15) is 4.79 Å². The summed E-state index contributed by atoms with van der Waals surface area (Å²) in [5.74, 6) is 2.35. The molecule has 27 heavy (non-hydrogen) atoms. The summed E-state index contributed by atoms with van der Waals surface area (Å²) in [5, 5.41) is 3.73. The number of methoxy groups -OCH3 is 1. The maximum absolute atomic E-state index is 12.5. The van der Waals surface area contributed by atoms with Gasteiger partial charge in [-0.25, -0.2) is 0 Å². The van der Waals surface area contributed by atoms with Gasteiger partial charge in [-0.2, -0.15) is 0 Å². The van der Waals surface area contributed by atoms with Crippen molar-refractivity contribution < 1.29 is 19.0 Å². The number of amides is 1. The molecule has 148 valence electrons. The Balaban J connectivity index is 1.58. The Kier molecular flexibility index (Phi) is 6.26. The molecule has 0 saturated heterocycles. The smallest absolute Gasteiger partial charge is 0.269 e. The van der Waals surface area contributed by atoms with Gasteiger partial charge in [0, 0.05) is 11.6 Å². The van der Waals surface area contributed by atoms with E-state index in [-0.39, 0.29) is 5.91 Å². The monoisotopic (exact) mass is 393 g/mol. The molecular weight excluding hydrogens is 366 g/mol. The van der Waals surface area contributed by atoms with Crippen LogP contribution in [0, 0.1) is 11.8 Å². The first-order chi connectivity index (χ1) is 13.0. The van der Waals surface area contributed by atoms with Crippen LogP contribution in [0.4, 0.5) is 0 Å². The predicted molar refractivity (Wildman–Crippen MR) is 106 cm³/mol. The van der Waals surface area contributed by atoms with Crippen LogP contribution in [-0.2, 0) is 0 Å². The summed E-state index contributed by atoms with van der Waals surface area (Å²) in [6.45, 7) is 5.40. The van der Waals surface area contributed by atoms with Crippen molar-refractivity contribution in [2.45, 2.75) is 39.2 Å². The zero-order valence-electron chi connectivity index (χ0n) is 16.0. The van der Waals surface area contributed by atoms with Crippen molar-refractivity contribution in [2.24, 2.45) is 11.8 Å². The summed E-state index contributed by atoms with van der Waals surface area (Å²) in [4.78, 5) is 12.5. The molecule has 2 aliphatic rings. The van der Waals surface area contributed by atoms with Crippen LogP contribution in [0.25, 0.3) is 0 Å². The minimum Gasteiger partial charge on any atom is -0.493 e. The molecule has 3 atom stereocenters. The second-order valence-corrected chi connectivity index (χ2v) is 7.54. The summed E-state index contributed by atoms with van der Waals surface area (Å²) in [6.07, 6.45) is 3.53. The highest BCUT2D eigenvalue weighted by Gasteiger charge is 2.27. The molecule has 1 aromatic rings. The fraction of sp³-hybridized carbons (Fsp3) is 0.579. The van der Waals surface area contributed by atoms with E-state index in [1.165, 1.54) is 20.0 Å². The van der Waals surface area contributed by atoms with Crippen LogP contribution in [0.1, 0.15) is 43.5 Å². The number of benzene rings is 1. The Bertz CT molecular complexity index is 695. The van der Waals surface area contributed by atoms with Crippen molar-refractivity contribution in [3.63, 3.8) is 0 Å². The molecule has 0 unspecified atom stereocenters. The van der Waals surface area contributed by atoms with E-state index in [0.29, 0.717) is 59.0 Å². The second-order valence-electron chi connectivity index (χ2n) is 7.13. The number of hydrazine groups is 1. The fourth-order valence-electron chi connectivity index (χ4n) is 3.58. The van der Waals surface area contributed by atoms with Gasteiger partial charge in [0.25, 0.3) is 5.91 Å². The first-order valence-corrected chi connectivity index (χ1v) is 9.75. The van der Waals surface area contributed by atoms with Crippen molar-refractivity contribution in [2.75, 3.05) is 20.3 Å².